The van der Waals surface area contributed by atoms with Gasteiger partial charge in [-0.25, -0.2) is 4.79 Å². The van der Waals surface area contributed by atoms with Gasteiger partial charge in [0.25, 0.3) is 0 Å². The van der Waals surface area contributed by atoms with Gasteiger partial charge in [0, 0.05) is 4.90 Å². The number of fused-ring (bicyclic) bond motifs is 1. The lowest BCUT2D eigenvalue weighted by Gasteiger charge is -2.40. The van der Waals surface area contributed by atoms with Gasteiger partial charge >= 0.3 is 6.16 Å². The molecule has 0 bridgehead atoms. The van der Waals surface area contributed by atoms with Crippen molar-refractivity contribution in [3.63, 3.8) is 0 Å². The van der Waals surface area contributed by atoms with Crippen LogP contribution in [0.3, 0.4) is 0 Å². The Bertz CT molecular complexity index is 1090. The van der Waals surface area contributed by atoms with E-state index in [4.69, 9.17) is 23.7 Å². The van der Waals surface area contributed by atoms with Gasteiger partial charge in [-0.3, -0.25) is 0 Å². The summed E-state index contributed by atoms with van der Waals surface area (Å²) in [6.07, 6.45) is -2.84. The highest BCUT2D eigenvalue weighted by molar-refractivity contribution is 7.99. The van der Waals surface area contributed by atoms with Crippen LogP contribution in [-0.4, -0.2) is 42.6 Å². The highest BCUT2D eigenvalue weighted by atomic mass is 32.2. The van der Waals surface area contributed by atoms with Crippen molar-refractivity contribution in [1.82, 2.24) is 0 Å². The van der Waals surface area contributed by atoms with Crippen molar-refractivity contribution in [2.75, 3.05) is 6.61 Å². The lowest BCUT2D eigenvalue weighted by molar-refractivity contribution is -0.199. The number of hydrogen-bond acceptors (Lipinski definition) is 7. The van der Waals surface area contributed by atoms with Crippen LogP contribution in [0.4, 0.5) is 4.79 Å². The smallest absolute Gasteiger partial charge is 0.424 e. The maximum absolute atomic E-state index is 12.2. The Balaban J connectivity index is 1.33. The van der Waals surface area contributed by atoms with Gasteiger partial charge in [0.1, 0.15) is 17.6 Å². The van der Waals surface area contributed by atoms with Gasteiger partial charge in [-0.15, -0.1) is 0 Å². The van der Waals surface area contributed by atoms with E-state index in [9.17, 15) is 4.79 Å². The standard InChI is InChI=1S/C28H28O6S/c1-19-12-14-22(15-13-19)35-27-26-25(33-28(29)34-26)24(31-17-21-10-6-3-7-11-21)23(32-27)18-30-16-20-8-4-2-5-9-20/h2-15,23-27H,16-18H2,1H3/t23-,24-,25+,26-,27+/m1/s1. The molecule has 182 valence electrons. The quantitative estimate of drug-likeness (QED) is 0.365. The number of ether oxygens (including phenoxy) is 5. The Morgan fingerprint density at radius 3 is 2.11 bits per heavy atom. The van der Waals surface area contributed by atoms with E-state index >= 15 is 0 Å². The van der Waals surface area contributed by atoms with E-state index in [1.54, 1.807) is 0 Å². The molecule has 0 N–H and O–H groups in total. The highest BCUT2D eigenvalue weighted by Crippen LogP contribution is 2.40. The average Bonchev–Trinajstić information content (AvgIpc) is 3.28. The van der Waals surface area contributed by atoms with E-state index in [1.165, 1.54) is 17.3 Å². The minimum absolute atomic E-state index is 0.292. The monoisotopic (exact) mass is 492 g/mol. The third kappa shape index (κ3) is 6.05. The number of hydrogen-bond donors (Lipinski definition) is 0. The first-order valence-corrected chi connectivity index (χ1v) is 12.6. The van der Waals surface area contributed by atoms with Crippen molar-refractivity contribution in [1.29, 1.82) is 0 Å². The molecule has 0 spiro atoms. The molecule has 0 amide bonds. The lowest BCUT2D eigenvalue weighted by Crippen LogP contribution is -2.57. The second kappa shape index (κ2) is 11.3. The van der Waals surface area contributed by atoms with Crippen LogP contribution in [0.1, 0.15) is 16.7 Å². The van der Waals surface area contributed by atoms with E-state index in [2.05, 4.69) is 0 Å². The van der Waals surface area contributed by atoms with Crippen molar-refractivity contribution in [3.05, 3.63) is 102 Å². The average molecular weight is 493 g/mol. The molecule has 5 atom stereocenters. The molecule has 3 aromatic carbocycles. The van der Waals surface area contributed by atoms with Crippen LogP contribution in [0.5, 0.6) is 0 Å². The summed E-state index contributed by atoms with van der Waals surface area (Å²) < 4.78 is 30.0. The third-order valence-corrected chi connectivity index (χ3v) is 7.16. The van der Waals surface area contributed by atoms with Crippen molar-refractivity contribution in [2.45, 2.75) is 54.9 Å². The predicted molar refractivity (Wildman–Crippen MR) is 132 cm³/mol. The summed E-state index contributed by atoms with van der Waals surface area (Å²) in [5, 5.41) is 0. The first kappa shape index (κ1) is 23.9. The summed E-state index contributed by atoms with van der Waals surface area (Å²) in [6, 6.07) is 28.0. The molecule has 2 aliphatic heterocycles. The SMILES string of the molecule is Cc1ccc(S[C@@H]2O[C@H](COCc3ccccc3)[C@@H](OCc3ccccc3)[C@@H]3OC(=O)O[C@H]32)cc1. The molecule has 6 nitrogen and oxygen atoms in total. The van der Waals surface area contributed by atoms with E-state index in [-0.39, 0.29) is 0 Å². The Hall–Kier alpha value is -2.84. The molecule has 0 saturated carbocycles. The molecule has 0 unspecified atom stereocenters. The van der Waals surface area contributed by atoms with Crippen LogP contribution in [-0.2, 0) is 36.9 Å². The molecule has 2 saturated heterocycles. The highest BCUT2D eigenvalue weighted by Gasteiger charge is 2.55. The topological polar surface area (TPSA) is 63.2 Å². The Morgan fingerprint density at radius 2 is 1.43 bits per heavy atom. The minimum Gasteiger partial charge on any atom is -0.424 e. The van der Waals surface area contributed by atoms with E-state index in [0.29, 0.717) is 19.8 Å². The van der Waals surface area contributed by atoms with Gasteiger partial charge in [0.15, 0.2) is 12.2 Å². The van der Waals surface area contributed by atoms with Crippen LogP contribution in [0.25, 0.3) is 0 Å². The van der Waals surface area contributed by atoms with Crippen LogP contribution in [0, 0.1) is 6.92 Å². The number of rotatable bonds is 9. The number of carbonyl (C=O) groups excluding carboxylic acids is 1. The molecular formula is C28H28O6S. The van der Waals surface area contributed by atoms with E-state index in [1.807, 2.05) is 91.9 Å². The minimum atomic E-state index is -0.697. The normalized spacial score (nSPS) is 25.5. The number of carbonyl (C=O) groups is 1. The maximum atomic E-state index is 12.2. The molecule has 0 aliphatic carbocycles. The molecule has 3 aromatic rings. The van der Waals surface area contributed by atoms with E-state index < -0.39 is 36.0 Å². The number of aryl methyl sites for hydroxylation is 1. The van der Waals surface area contributed by atoms with E-state index in [0.717, 1.165) is 16.0 Å². The zero-order valence-electron chi connectivity index (χ0n) is 19.4. The molecule has 0 aromatic heterocycles. The molecule has 2 aliphatic rings. The molecular weight excluding hydrogens is 464 g/mol. The van der Waals surface area contributed by atoms with Gasteiger partial charge in [-0.05, 0) is 30.2 Å². The fraction of sp³-hybridized carbons (Fsp3) is 0.321. The Kier molecular flexibility index (Phi) is 7.69. The van der Waals surface area contributed by atoms with Crippen molar-refractivity contribution in [2.24, 2.45) is 0 Å². The van der Waals surface area contributed by atoms with Gasteiger partial charge in [0.2, 0.25) is 0 Å². The van der Waals surface area contributed by atoms with Gasteiger partial charge < -0.3 is 23.7 Å². The number of benzene rings is 3. The molecule has 5 rings (SSSR count). The van der Waals surface area contributed by atoms with Gasteiger partial charge in [0.05, 0.1) is 19.8 Å². The fourth-order valence-electron chi connectivity index (χ4n) is 4.20. The first-order valence-electron chi connectivity index (χ1n) is 11.7. The number of thioether (sulfide) groups is 1. The summed E-state index contributed by atoms with van der Waals surface area (Å²) in [7, 11) is 0. The molecule has 35 heavy (non-hydrogen) atoms. The first-order chi connectivity index (χ1) is 17.2. The summed E-state index contributed by atoms with van der Waals surface area (Å²) >= 11 is 1.51. The van der Waals surface area contributed by atoms with Crippen LogP contribution in [0.2, 0.25) is 0 Å². The lowest BCUT2D eigenvalue weighted by atomic mass is 10.00. The zero-order chi connectivity index (χ0) is 24.0. The van der Waals surface area contributed by atoms with Crippen LogP contribution >= 0.6 is 11.8 Å². The predicted octanol–water partition coefficient (Wildman–Crippen LogP) is 5.52. The van der Waals surface area contributed by atoms with Crippen molar-refractivity contribution in [3.8, 4) is 0 Å². The fourth-order valence-corrected chi connectivity index (χ4v) is 5.31. The Labute approximate surface area is 209 Å². The summed E-state index contributed by atoms with van der Waals surface area (Å²) in [4.78, 5) is 13.2. The van der Waals surface area contributed by atoms with Gasteiger partial charge in [-0.2, -0.15) is 0 Å². The summed E-state index contributed by atoms with van der Waals surface area (Å²) in [5.41, 5.74) is 2.82. The third-order valence-electron chi connectivity index (χ3n) is 6.01. The Morgan fingerprint density at radius 1 is 0.800 bits per heavy atom. The molecule has 0 radical (unpaired) electrons. The molecule has 2 fully saturated rings. The van der Waals surface area contributed by atoms with Gasteiger partial charge in [-0.1, -0.05) is 90.1 Å². The zero-order valence-corrected chi connectivity index (χ0v) is 20.3. The molecule has 2 heterocycles. The molecule has 7 heteroatoms. The maximum Gasteiger partial charge on any atom is 0.509 e. The second-order valence-electron chi connectivity index (χ2n) is 8.65. The van der Waals surface area contributed by atoms with Crippen molar-refractivity contribution >= 4 is 17.9 Å². The van der Waals surface area contributed by atoms with Crippen molar-refractivity contribution < 1.29 is 28.5 Å². The van der Waals surface area contributed by atoms with Crippen LogP contribution in [0.15, 0.2) is 89.8 Å². The summed E-state index contributed by atoms with van der Waals surface area (Å²) in [6.45, 7) is 3.15. The summed E-state index contributed by atoms with van der Waals surface area (Å²) in [5.74, 6) is 0. The second-order valence-corrected chi connectivity index (χ2v) is 9.82. The largest absolute Gasteiger partial charge is 0.509 e. The van der Waals surface area contributed by atoms with Crippen LogP contribution < -0.4 is 0 Å².